The van der Waals surface area contributed by atoms with E-state index in [-0.39, 0.29) is 43.0 Å². The van der Waals surface area contributed by atoms with Gasteiger partial charge in [0.2, 0.25) is 8.32 Å². The first-order valence-corrected chi connectivity index (χ1v) is 28.6. The van der Waals surface area contributed by atoms with E-state index in [9.17, 15) is 24.9 Å². The van der Waals surface area contributed by atoms with Crippen molar-refractivity contribution in [2.75, 3.05) is 13.2 Å². The largest absolute Gasteiger partial charge is 0.456 e. The molecule has 0 aromatic carbocycles. The summed E-state index contributed by atoms with van der Waals surface area (Å²) in [5.74, 6) is 4.63. The van der Waals surface area contributed by atoms with Crippen LogP contribution in [-0.4, -0.2) is 116 Å². The van der Waals surface area contributed by atoms with Gasteiger partial charge in [0, 0.05) is 31.3 Å². The average Bonchev–Trinajstić information content (AvgIpc) is 3.65. The van der Waals surface area contributed by atoms with E-state index in [1.165, 1.54) is 11.6 Å². The Morgan fingerprint density at radius 1 is 0.746 bits per heavy atom. The maximum absolute atomic E-state index is 12.8. The van der Waals surface area contributed by atoms with Crippen molar-refractivity contribution in [2.45, 2.75) is 230 Å². The summed E-state index contributed by atoms with van der Waals surface area (Å²) < 4.78 is 42.8. The van der Waals surface area contributed by atoms with Crippen molar-refractivity contribution in [1.29, 1.82) is 0 Å². The zero-order valence-electron chi connectivity index (χ0n) is 44.8. The SMILES string of the molecule is C=C1CC(O[Si](C(C)C)(C(C)C)C(C)C)/C=C/C[C@@H]([C@@H]2COC(C)(C)O2)OC(=O)C#CC[C@@H]2C=CC[C@@H](C[C@@H](C)C1)O2.C=C1C[C@H](C)C[C@@H]2CC=C[C@@H](C/C=C\C(=O)O[C@H]([C@@H](O)CO)C/C=C/[C@H](O)C1)O2. The molecule has 12 nitrogen and oxygen atoms in total. The second-order valence-corrected chi connectivity index (χ2v) is 27.4. The van der Waals surface area contributed by atoms with Crippen LogP contribution < -0.4 is 0 Å². The van der Waals surface area contributed by atoms with Crippen molar-refractivity contribution in [3.8, 4) is 11.8 Å². The minimum Gasteiger partial charge on any atom is -0.456 e. The Bertz CT molecular complexity index is 1900. The summed E-state index contributed by atoms with van der Waals surface area (Å²) in [6.07, 6.45) is 23.5. The minimum atomic E-state index is -2.15. The van der Waals surface area contributed by atoms with Crippen LogP contribution in [0.1, 0.15) is 146 Å². The highest BCUT2D eigenvalue weighted by Gasteiger charge is 2.46. The summed E-state index contributed by atoms with van der Waals surface area (Å²) in [6.45, 7) is 30.5. The van der Waals surface area contributed by atoms with Gasteiger partial charge >= 0.3 is 11.9 Å². The van der Waals surface area contributed by atoms with Crippen LogP contribution in [0.4, 0.5) is 0 Å². The molecule has 398 valence electrons. The van der Waals surface area contributed by atoms with E-state index in [0.717, 1.165) is 50.5 Å². The number of cyclic esters (lactones) is 2. The molecule has 5 heterocycles. The van der Waals surface area contributed by atoms with Crippen LogP contribution in [0.5, 0.6) is 0 Å². The van der Waals surface area contributed by atoms with Gasteiger partial charge in [0.05, 0.1) is 49.8 Å². The average molecular weight is 1010 g/mol. The number of hydrogen-bond donors (Lipinski definition) is 3. The molecule has 0 saturated carbocycles. The zero-order valence-corrected chi connectivity index (χ0v) is 45.8. The molecule has 0 aromatic rings. The molecule has 0 radical (unpaired) electrons. The molecular formula is C58H90O12Si. The van der Waals surface area contributed by atoms with Gasteiger partial charge in [-0.2, -0.15) is 0 Å². The Hall–Kier alpha value is -3.42. The van der Waals surface area contributed by atoms with E-state index >= 15 is 0 Å². The summed E-state index contributed by atoms with van der Waals surface area (Å²) in [5.41, 5.74) is 3.57. The number of aliphatic hydroxyl groups is 3. The second-order valence-electron chi connectivity index (χ2n) is 22.0. The molecule has 71 heavy (non-hydrogen) atoms. The number of esters is 2. The first kappa shape index (κ1) is 60.1. The Morgan fingerprint density at radius 3 is 1.92 bits per heavy atom. The van der Waals surface area contributed by atoms with Gasteiger partial charge in [-0.1, -0.05) is 140 Å². The topological polar surface area (TPSA) is 159 Å². The van der Waals surface area contributed by atoms with Crippen LogP contribution in [0.2, 0.25) is 16.6 Å². The third-order valence-electron chi connectivity index (χ3n) is 14.0. The summed E-state index contributed by atoms with van der Waals surface area (Å²) in [5, 5.41) is 29.4. The predicted octanol–water partition coefficient (Wildman–Crippen LogP) is 10.6. The molecule has 5 rings (SSSR count). The molecule has 0 aromatic heterocycles. The van der Waals surface area contributed by atoms with E-state index < -0.39 is 57.1 Å². The van der Waals surface area contributed by atoms with Crippen molar-refractivity contribution >= 4 is 20.3 Å². The van der Waals surface area contributed by atoms with Crippen LogP contribution in [0, 0.1) is 23.7 Å². The fourth-order valence-corrected chi connectivity index (χ4v) is 16.4. The third kappa shape index (κ3) is 20.4. The van der Waals surface area contributed by atoms with Crippen molar-refractivity contribution in [3.63, 3.8) is 0 Å². The molecule has 0 aliphatic carbocycles. The van der Waals surface area contributed by atoms with Gasteiger partial charge in [0.25, 0.3) is 0 Å². The summed E-state index contributed by atoms with van der Waals surface area (Å²) >= 11 is 0. The van der Waals surface area contributed by atoms with E-state index in [1.54, 1.807) is 18.2 Å². The highest BCUT2D eigenvalue weighted by atomic mass is 28.4. The van der Waals surface area contributed by atoms with E-state index in [2.05, 4.69) is 105 Å². The number of ether oxygens (including phenoxy) is 6. The van der Waals surface area contributed by atoms with E-state index in [4.69, 9.17) is 32.8 Å². The lowest BCUT2D eigenvalue weighted by atomic mass is 9.91. The molecule has 1 saturated heterocycles. The van der Waals surface area contributed by atoms with Crippen molar-refractivity contribution in [1.82, 2.24) is 0 Å². The Labute approximate surface area is 428 Å². The van der Waals surface area contributed by atoms with Crippen LogP contribution in [0.25, 0.3) is 0 Å². The van der Waals surface area contributed by atoms with Crippen molar-refractivity contribution in [3.05, 3.63) is 85.1 Å². The lowest BCUT2D eigenvalue weighted by Gasteiger charge is -2.44. The molecular weight excluding hydrogens is 917 g/mol. The van der Waals surface area contributed by atoms with Gasteiger partial charge < -0.3 is 48.2 Å². The van der Waals surface area contributed by atoms with Crippen LogP contribution >= 0.6 is 0 Å². The summed E-state index contributed by atoms with van der Waals surface area (Å²) in [7, 11) is -2.15. The number of carbonyl (C=O) groups is 2. The van der Waals surface area contributed by atoms with Gasteiger partial charge in [-0.25, -0.2) is 9.59 Å². The standard InChI is InChI=1S/C35H56O6Si.C23H34O6/c1-24(2)42(25(3)4,26(5)6)41-31-17-12-18-32(33-23-37-35(9,10)40-33)39-34(36)19-13-15-29-14-11-16-30(38-29)21-27(7)20-28(8)22-31;1-16-12-17(2)14-20-9-4-7-19(28-20)8-5-11-23(27)29-22(21(26)15-24)10-3-6-18(25)13-16/h11-12,14,17,24-27,29-33H,8,15-16,18,20-23H2,1-7,9-10H3;3-7,11,17-22,24-26H,1,8-10,12-15H2,2H3/b17-12+;6-3+,11-5-/t27-,29-,30-,31?,32-,33-;17-,18-,19-,20-,21-,22-/m00/s1. The van der Waals surface area contributed by atoms with Gasteiger partial charge in [-0.3, -0.25) is 0 Å². The first-order valence-electron chi connectivity index (χ1n) is 26.4. The molecule has 4 bridgehead atoms. The van der Waals surface area contributed by atoms with E-state index in [1.807, 2.05) is 26.0 Å². The normalized spacial score (nSPS) is 33.7. The zero-order chi connectivity index (χ0) is 52.3. The third-order valence-corrected chi connectivity index (χ3v) is 20.2. The van der Waals surface area contributed by atoms with Gasteiger partial charge in [0.15, 0.2) is 5.79 Å². The Balaban J connectivity index is 0.000000330. The van der Waals surface area contributed by atoms with Gasteiger partial charge in [-0.05, 0) is 100 Å². The van der Waals surface area contributed by atoms with Crippen LogP contribution in [0.15, 0.2) is 85.1 Å². The number of hydrogen-bond acceptors (Lipinski definition) is 12. The highest BCUT2D eigenvalue weighted by Crippen LogP contribution is 2.44. The highest BCUT2D eigenvalue weighted by molar-refractivity contribution is 6.77. The molecule has 12 atom stereocenters. The number of rotatable bonds is 8. The Kier molecular flexibility index (Phi) is 25.0. The molecule has 3 N–H and O–H groups in total. The lowest BCUT2D eigenvalue weighted by Crippen LogP contribution is -2.50. The lowest BCUT2D eigenvalue weighted by molar-refractivity contribution is -0.166. The first-order chi connectivity index (χ1) is 33.6. The van der Waals surface area contributed by atoms with Crippen molar-refractivity contribution in [2.24, 2.45) is 11.8 Å². The quantitative estimate of drug-likeness (QED) is 0.0696. The molecule has 1 fully saturated rings. The van der Waals surface area contributed by atoms with Crippen LogP contribution in [0.3, 0.4) is 0 Å². The maximum Gasteiger partial charge on any atom is 0.384 e. The molecule has 5 aliphatic heterocycles. The smallest absolute Gasteiger partial charge is 0.384 e. The summed E-state index contributed by atoms with van der Waals surface area (Å²) in [6, 6.07) is 0. The fourth-order valence-electron chi connectivity index (χ4n) is 10.9. The molecule has 5 aliphatic rings. The maximum atomic E-state index is 12.8. The fraction of sp³-hybridized carbons (Fsp3) is 0.690. The monoisotopic (exact) mass is 1010 g/mol. The Morgan fingerprint density at radius 2 is 1.32 bits per heavy atom. The molecule has 1 unspecified atom stereocenters. The predicted molar refractivity (Wildman–Crippen MR) is 282 cm³/mol. The van der Waals surface area contributed by atoms with Crippen LogP contribution in [-0.2, 0) is 42.4 Å². The minimum absolute atomic E-state index is 0.0873. The van der Waals surface area contributed by atoms with Gasteiger partial charge in [-0.15, -0.1) is 0 Å². The number of fused-ring (bicyclic) bond motifs is 4. The summed E-state index contributed by atoms with van der Waals surface area (Å²) in [4.78, 5) is 24.9. The number of aliphatic hydroxyl groups excluding tert-OH is 3. The second kappa shape index (κ2) is 29.5. The molecule has 0 amide bonds. The van der Waals surface area contributed by atoms with E-state index in [0.29, 0.717) is 60.7 Å². The van der Waals surface area contributed by atoms with Gasteiger partial charge in [0.1, 0.15) is 24.4 Å². The van der Waals surface area contributed by atoms with Crippen molar-refractivity contribution < 1.29 is 57.8 Å². The molecule has 0 spiro atoms. The molecule has 13 heteroatoms. The number of carbonyl (C=O) groups excluding carboxylic acids is 2.